The maximum absolute atomic E-state index is 10.7. The van der Waals surface area contributed by atoms with Gasteiger partial charge in [-0.05, 0) is 17.5 Å². The van der Waals surface area contributed by atoms with Gasteiger partial charge < -0.3 is 4.74 Å². The topological polar surface area (TPSA) is 26.3 Å². The van der Waals surface area contributed by atoms with Crippen molar-refractivity contribution in [3.63, 3.8) is 0 Å². The molecule has 0 aromatic carbocycles. The van der Waals surface area contributed by atoms with Crippen molar-refractivity contribution in [3.05, 3.63) is 21.1 Å². The van der Waals surface area contributed by atoms with Gasteiger partial charge in [0.05, 0.1) is 0 Å². The van der Waals surface area contributed by atoms with Crippen molar-refractivity contribution in [2.75, 3.05) is 0 Å². The van der Waals surface area contributed by atoms with Crippen LogP contribution < -0.4 is 0 Å². The molecule has 60 valence electrons. The molecule has 0 aromatic rings. The number of esters is 1. The lowest BCUT2D eigenvalue weighted by Gasteiger charge is -2.04. The molecule has 1 heterocycles. The number of allylic oxidation sites excluding steroid dienone is 1. The van der Waals surface area contributed by atoms with Crippen LogP contribution in [0.25, 0.3) is 0 Å². The fraction of sp³-hybridized carbons (Fsp3) is 0.286. The summed E-state index contributed by atoms with van der Waals surface area (Å²) in [6.45, 7) is 1.88. The van der Waals surface area contributed by atoms with E-state index >= 15 is 0 Å². The Bertz CT molecular complexity index is 239. The minimum Gasteiger partial charge on any atom is -0.449 e. The van der Waals surface area contributed by atoms with Gasteiger partial charge in [0, 0.05) is 10.6 Å². The fourth-order valence-electron chi connectivity index (χ4n) is 0.732. The van der Waals surface area contributed by atoms with E-state index in [2.05, 4.69) is 31.9 Å². The van der Waals surface area contributed by atoms with Gasteiger partial charge in [0.1, 0.15) is 0 Å². The van der Waals surface area contributed by atoms with E-state index in [9.17, 15) is 4.79 Å². The summed E-state index contributed by atoms with van der Waals surface area (Å²) in [6.07, 6.45) is 2.99. The summed E-state index contributed by atoms with van der Waals surface area (Å²) in [7, 11) is 0. The maximum atomic E-state index is 10.7. The highest BCUT2D eigenvalue weighted by Crippen LogP contribution is 2.24. The monoisotopic (exact) mass is 280 g/mol. The summed E-state index contributed by atoms with van der Waals surface area (Å²) >= 11 is 6.48. The van der Waals surface area contributed by atoms with Crippen LogP contribution in [0.15, 0.2) is 21.1 Å². The Kier molecular flexibility index (Phi) is 2.90. The van der Waals surface area contributed by atoms with Crippen LogP contribution >= 0.6 is 31.9 Å². The van der Waals surface area contributed by atoms with E-state index in [0.29, 0.717) is 0 Å². The predicted molar refractivity (Wildman–Crippen MR) is 49.6 cm³/mol. The lowest BCUT2D eigenvalue weighted by molar-refractivity contribution is -0.137. The maximum Gasteiger partial charge on any atom is 0.332 e. The van der Waals surface area contributed by atoms with E-state index in [1.807, 2.05) is 13.0 Å². The third kappa shape index (κ3) is 2.45. The molecule has 0 bridgehead atoms. The van der Waals surface area contributed by atoms with Gasteiger partial charge in [-0.2, -0.15) is 0 Å². The molecular formula is C7H6Br2O2. The molecule has 0 fully saturated rings. The van der Waals surface area contributed by atoms with Gasteiger partial charge in [0.15, 0.2) is 6.10 Å². The summed E-state index contributed by atoms with van der Waals surface area (Å²) in [5.74, 6) is -0.299. The Morgan fingerprint density at radius 1 is 1.82 bits per heavy atom. The molecule has 0 N–H and O–H groups in total. The molecule has 1 rings (SSSR count). The first-order chi connectivity index (χ1) is 5.09. The fourth-order valence-corrected chi connectivity index (χ4v) is 1.39. The number of rotatable bonds is 1. The van der Waals surface area contributed by atoms with E-state index in [0.717, 1.165) is 8.96 Å². The lowest BCUT2D eigenvalue weighted by atomic mass is 10.3. The van der Waals surface area contributed by atoms with Gasteiger partial charge in [0.25, 0.3) is 0 Å². The second kappa shape index (κ2) is 3.54. The molecule has 0 spiro atoms. The summed E-state index contributed by atoms with van der Waals surface area (Å²) in [4.78, 5) is 10.7. The normalized spacial score (nSPS) is 25.0. The third-order valence-electron chi connectivity index (χ3n) is 1.15. The largest absolute Gasteiger partial charge is 0.449 e. The van der Waals surface area contributed by atoms with Crippen LogP contribution in [0.1, 0.15) is 6.92 Å². The smallest absolute Gasteiger partial charge is 0.332 e. The first-order valence-electron chi connectivity index (χ1n) is 3.01. The van der Waals surface area contributed by atoms with Crippen LogP contribution in [0.5, 0.6) is 0 Å². The molecule has 1 atom stereocenters. The molecule has 0 saturated heterocycles. The highest BCUT2D eigenvalue weighted by Gasteiger charge is 2.21. The summed E-state index contributed by atoms with van der Waals surface area (Å²) in [5, 5.41) is 0. The zero-order chi connectivity index (χ0) is 8.43. The SMILES string of the molecule is CC(Br)=CC1OC(=O)C=C1Br. The van der Waals surface area contributed by atoms with Crippen molar-refractivity contribution in [1.82, 2.24) is 0 Å². The van der Waals surface area contributed by atoms with Gasteiger partial charge in [-0.15, -0.1) is 0 Å². The molecule has 2 nitrogen and oxygen atoms in total. The zero-order valence-electron chi connectivity index (χ0n) is 5.80. The van der Waals surface area contributed by atoms with E-state index < -0.39 is 0 Å². The Labute approximate surface area is 81.6 Å². The van der Waals surface area contributed by atoms with Crippen molar-refractivity contribution in [3.8, 4) is 0 Å². The van der Waals surface area contributed by atoms with Crippen LogP contribution in [0.4, 0.5) is 0 Å². The predicted octanol–water partition coefficient (Wildman–Crippen LogP) is 2.49. The van der Waals surface area contributed by atoms with Crippen molar-refractivity contribution in [2.24, 2.45) is 0 Å². The first-order valence-corrected chi connectivity index (χ1v) is 4.60. The average Bonchev–Trinajstić information content (AvgIpc) is 2.09. The van der Waals surface area contributed by atoms with Crippen LogP contribution in [-0.4, -0.2) is 12.1 Å². The summed E-state index contributed by atoms with van der Waals surface area (Å²) in [5.41, 5.74) is 0. The second-order valence-electron chi connectivity index (χ2n) is 2.14. The number of carbonyl (C=O) groups excluding carboxylic acids is 1. The van der Waals surface area contributed by atoms with Crippen molar-refractivity contribution >= 4 is 37.8 Å². The molecule has 0 saturated carbocycles. The minimum atomic E-state index is -0.299. The van der Waals surface area contributed by atoms with Gasteiger partial charge in [0.2, 0.25) is 0 Å². The van der Waals surface area contributed by atoms with Crippen LogP contribution in [0, 0.1) is 0 Å². The Balaban J connectivity index is 2.72. The molecule has 11 heavy (non-hydrogen) atoms. The summed E-state index contributed by atoms with van der Waals surface area (Å²) < 4.78 is 6.61. The lowest BCUT2D eigenvalue weighted by Crippen LogP contribution is -2.05. The molecule has 1 aliphatic rings. The zero-order valence-corrected chi connectivity index (χ0v) is 8.98. The molecule has 0 aromatic heterocycles. The van der Waals surface area contributed by atoms with Crippen molar-refractivity contribution < 1.29 is 9.53 Å². The van der Waals surface area contributed by atoms with Crippen molar-refractivity contribution in [2.45, 2.75) is 13.0 Å². The first kappa shape index (κ1) is 9.00. The molecule has 0 amide bonds. The van der Waals surface area contributed by atoms with Gasteiger partial charge >= 0.3 is 5.97 Å². The second-order valence-corrected chi connectivity index (χ2v) is 4.31. The molecule has 1 unspecified atom stereocenters. The van der Waals surface area contributed by atoms with E-state index in [1.54, 1.807) is 0 Å². The standard InChI is InChI=1S/C7H6Br2O2/c1-4(8)2-6-5(9)3-7(10)11-6/h2-3,6H,1H3. The van der Waals surface area contributed by atoms with Crippen molar-refractivity contribution in [1.29, 1.82) is 0 Å². The van der Waals surface area contributed by atoms with Crippen LogP contribution in [0.3, 0.4) is 0 Å². The Morgan fingerprint density at radius 3 is 2.82 bits per heavy atom. The minimum absolute atomic E-state index is 0.248. The Hall–Kier alpha value is -0.0900. The van der Waals surface area contributed by atoms with E-state index in [1.165, 1.54) is 6.08 Å². The number of hydrogen-bond acceptors (Lipinski definition) is 2. The van der Waals surface area contributed by atoms with E-state index in [4.69, 9.17) is 4.74 Å². The number of cyclic esters (lactones) is 1. The molecular weight excluding hydrogens is 276 g/mol. The van der Waals surface area contributed by atoms with Gasteiger partial charge in [-0.3, -0.25) is 0 Å². The van der Waals surface area contributed by atoms with Crippen LogP contribution in [0.2, 0.25) is 0 Å². The molecule has 1 aliphatic heterocycles. The number of halogens is 2. The average molecular weight is 282 g/mol. The quantitative estimate of drug-likeness (QED) is 0.691. The third-order valence-corrected chi connectivity index (χ3v) is 2.10. The number of ether oxygens (including phenoxy) is 1. The highest BCUT2D eigenvalue weighted by atomic mass is 79.9. The van der Waals surface area contributed by atoms with E-state index in [-0.39, 0.29) is 12.1 Å². The molecule has 0 radical (unpaired) electrons. The molecule has 0 aliphatic carbocycles. The van der Waals surface area contributed by atoms with Gasteiger partial charge in [-0.1, -0.05) is 31.9 Å². The van der Waals surface area contributed by atoms with Gasteiger partial charge in [-0.25, -0.2) is 4.79 Å². The number of carbonyl (C=O) groups is 1. The van der Waals surface area contributed by atoms with Crippen LogP contribution in [-0.2, 0) is 9.53 Å². The number of hydrogen-bond donors (Lipinski definition) is 0. The Morgan fingerprint density at radius 2 is 2.45 bits per heavy atom. The molecule has 4 heteroatoms. The highest BCUT2D eigenvalue weighted by molar-refractivity contribution is 9.12. The summed E-state index contributed by atoms with van der Waals surface area (Å²) in [6, 6.07) is 0.